The van der Waals surface area contributed by atoms with E-state index in [9.17, 15) is 0 Å². The van der Waals surface area contributed by atoms with E-state index in [-0.39, 0.29) is 0 Å². The molecule has 1 N–H and O–H groups in total. The maximum absolute atomic E-state index is 4.78. The molecule has 1 aromatic rings. The predicted molar refractivity (Wildman–Crippen MR) is 81.9 cm³/mol. The van der Waals surface area contributed by atoms with Crippen molar-refractivity contribution < 1.29 is 0 Å². The molecule has 1 aromatic heterocycles. The van der Waals surface area contributed by atoms with Crippen LogP contribution in [0.4, 0.5) is 5.95 Å². The Morgan fingerprint density at radius 3 is 2.65 bits per heavy atom. The fourth-order valence-electron chi connectivity index (χ4n) is 4.86. The minimum absolute atomic E-state index is 0.655. The molecular formula is C17H27N3. The lowest BCUT2D eigenvalue weighted by Crippen LogP contribution is -2.26. The Hall–Kier alpha value is -0.990. The first-order chi connectivity index (χ1) is 9.79. The quantitative estimate of drug-likeness (QED) is 0.890. The van der Waals surface area contributed by atoms with Gasteiger partial charge >= 0.3 is 0 Å². The van der Waals surface area contributed by atoms with Gasteiger partial charge in [0.15, 0.2) is 0 Å². The van der Waals surface area contributed by atoms with E-state index >= 15 is 0 Å². The zero-order chi connectivity index (χ0) is 13.5. The van der Waals surface area contributed by atoms with Gasteiger partial charge < -0.3 is 9.88 Å². The molecule has 3 fully saturated rings. The van der Waals surface area contributed by atoms with Crippen LogP contribution in [0.25, 0.3) is 0 Å². The van der Waals surface area contributed by atoms with Crippen molar-refractivity contribution in [2.75, 3.05) is 5.32 Å². The largest absolute Gasteiger partial charge is 0.353 e. The Morgan fingerprint density at radius 1 is 1.10 bits per heavy atom. The van der Waals surface area contributed by atoms with Crippen LogP contribution < -0.4 is 5.32 Å². The molecule has 3 unspecified atom stereocenters. The summed E-state index contributed by atoms with van der Waals surface area (Å²) in [6.45, 7) is 2.13. The van der Waals surface area contributed by atoms with Crippen molar-refractivity contribution in [1.82, 2.24) is 9.55 Å². The normalized spacial score (nSPS) is 33.8. The van der Waals surface area contributed by atoms with Gasteiger partial charge in [-0.2, -0.15) is 0 Å². The lowest BCUT2D eigenvalue weighted by atomic mass is 9.95. The molecule has 20 heavy (non-hydrogen) atoms. The summed E-state index contributed by atoms with van der Waals surface area (Å²) < 4.78 is 2.49. The first-order valence-corrected chi connectivity index (χ1v) is 8.61. The van der Waals surface area contributed by atoms with Crippen LogP contribution in [0.5, 0.6) is 0 Å². The van der Waals surface area contributed by atoms with Crippen LogP contribution in [-0.2, 0) is 0 Å². The van der Waals surface area contributed by atoms with Gasteiger partial charge in [0.2, 0.25) is 5.95 Å². The minimum atomic E-state index is 0.655. The lowest BCUT2D eigenvalue weighted by molar-refractivity contribution is 0.330. The number of aromatic nitrogens is 2. The van der Waals surface area contributed by atoms with Gasteiger partial charge in [-0.25, -0.2) is 4.98 Å². The molecule has 3 aliphatic rings. The van der Waals surface area contributed by atoms with E-state index in [4.69, 9.17) is 4.98 Å². The van der Waals surface area contributed by atoms with Gasteiger partial charge in [0.1, 0.15) is 0 Å². The topological polar surface area (TPSA) is 29.9 Å². The van der Waals surface area contributed by atoms with Crippen molar-refractivity contribution in [3.8, 4) is 0 Å². The van der Waals surface area contributed by atoms with Crippen molar-refractivity contribution in [3.05, 3.63) is 11.9 Å². The molecule has 3 atom stereocenters. The van der Waals surface area contributed by atoms with Gasteiger partial charge in [0.25, 0.3) is 0 Å². The third-order valence-corrected chi connectivity index (χ3v) is 5.85. The molecule has 3 nitrogen and oxygen atoms in total. The average molecular weight is 273 g/mol. The van der Waals surface area contributed by atoms with E-state index in [1.54, 1.807) is 0 Å². The van der Waals surface area contributed by atoms with Crippen LogP contribution in [-0.4, -0.2) is 15.6 Å². The fourth-order valence-corrected chi connectivity index (χ4v) is 4.86. The Morgan fingerprint density at radius 2 is 1.95 bits per heavy atom. The Labute approximate surface area is 122 Å². The second-order valence-corrected chi connectivity index (χ2v) is 7.33. The Balaban J connectivity index is 1.53. The second kappa shape index (κ2) is 5.09. The highest BCUT2D eigenvalue weighted by atomic mass is 15.2. The van der Waals surface area contributed by atoms with Gasteiger partial charge in [-0.3, -0.25) is 0 Å². The Bertz CT molecular complexity index is 473. The third kappa shape index (κ3) is 2.25. The van der Waals surface area contributed by atoms with Gasteiger partial charge in [0.05, 0.1) is 5.69 Å². The summed E-state index contributed by atoms with van der Waals surface area (Å²) in [4.78, 5) is 4.78. The van der Waals surface area contributed by atoms with Crippen molar-refractivity contribution in [2.24, 2.45) is 11.8 Å². The van der Waals surface area contributed by atoms with Crippen molar-refractivity contribution in [3.63, 3.8) is 0 Å². The molecule has 1 heterocycles. The molecule has 0 amide bonds. The van der Waals surface area contributed by atoms with Crippen LogP contribution in [0.1, 0.15) is 69.5 Å². The molecule has 3 saturated carbocycles. The summed E-state index contributed by atoms with van der Waals surface area (Å²) in [5, 5.41) is 3.76. The molecule has 0 saturated heterocycles. The van der Waals surface area contributed by atoms with Gasteiger partial charge in [0, 0.05) is 18.3 Å². The van der Waals surface area contributed by atoms with E-state index < -0.39 is 0 Å². The molecule has 3 aliphatic carbocycles. The number of nitrogens with zero attached hydrogens (tertiary/aromatic N) is 2. The SMILES string of the molecule is Cc1cn(C2CC3CCC2C3)c(NC2CCCCC2)n1. The summed E-state index contributed by atoms with van der Waals surface area (Å²) in [5.41, 5.74) is 1.17. The van der Waals surface area contributed by atoms with E-state index in [1.807, 2.05) is 0 Å². The number of nitrogens with one attached hydrogen (secondary N) is 1. The maximum Gasteiger partial charge on any atom is 0.203 e. The van der Waals surface area contributed by atoms with E-state index in [0.29, 0.717) is 6.04 Å². The number of imidazole rings is 1. The third-order valence-electron chi connectivity index (χ3n) is 5.85. The summed E-state index contributed by atoms with van der Waals surface area (Å²) in [6, 6.07) is 1.38. The number of fused-ring (bicyclic) bond motifs is 2. The second-order valence-electron chi connectivity index (χ2n) is 7.33. The van der Waals surface area contributed by atoms with Crippen LogP contribution in [0.15, 0.2) is 6.20 Å². The van der Waals surface area contributed by atoms with E-state index in [0.717, 1.165) is 23.8 Å². The van der Waals surface area contributed by atoms with Crippen molar-refractivity contribution in [1.29, 1.82) is 0 Å². The zero-order valence-electron chi connectivity index (χ0n) is 12.6. The summed E-state index contributed by atoms with van der Waals surface area (Å²) in [7, 11) is 0. The highest BCUT2D eigenvalue weighted by Gasteiger charge is 2.41. The fraction of sp³-hybridized carbons (Fsp3) is 0.824. The molecular weight excluding hydrogens is 246 g/mol. The summed E-state index contributed by atoms with van der Waals surface area (Å²) >= 11 is 0. The van der Waals surface area contributed by atoms with E-state index in [1.165, 1.54) is 63.5 Å². The molecule has 0 aromatic carbocycles. The van der Waals surface area contributed by atoms with Crippen molar-refractivity contribution in [2.45, 2.75) is 76.8 Å². The average Bonchev–Trinajstić information content (AvgIpc) is 3.15. The maximum atomic E-state index is 4.78. The summed E-state index contributed by atoms with van der Waals surface area (Å²) in [5.74, 6) is 3.07. The van der Waals surface area contributed by atoms with Crippen LogP contribution in [0.2, 0.25) is 0 Å². The zero-order valence-corrected chi connectivity index (χ0v) is 12.6. The lowest BCUT2D eigenvalue weighted by Gasteiger charge is -2.28. The first kappa shape index (κ1) is 12.7. The molecule has 0 aliphatic heterocycles. The Kier molecular flexibility index (Phi) is 3.24. The van der Waals surface area contributed by atoms with E-state index in [2.05, 4.69) is 23.0 Å². The van der Waals surface area contributed by atoms with Gasteiger partial charge in [-0.05, 0) is 50.9 Å². The molecule has 3 heteroatoms. The standard InChI is InChI=1S/C17H27N3/c1-12-11-20(16-10-13-7-8-14(16)9-13)17(18-12)19-15-5-3-2-4-6-15/h11,13-16H,2-10H2,1H3,(H,18,19). The number of anilines is 1. The van der Waals surface area contributed by atoms with Crippen molar-refractivity contribution >= 4 is 5.95 Å². The van der Waals surface area contributed by atoms with Gasteiger partial charge in [-0.15, -0.1) is 0 Å². The van der Waals surface area contributed by atoms with Crippen LogP contribution in [0, 0.1) is 18.8 Å². The monoisotopic (exact) mass is 273 g/mol. The minimum Gasteiger partial charge on any atom is -0.353 e. The molecule has 0 spiro atoms. The highest BCUT2D eigenvalue weighted by molar-refractivity contribution is 5.32. The highest BCUT2D eigenvalue weighted by Crippen LogP contribution is 2.51. The van der Waals surface area contributed by atoms with Crippen LogP contribution >= 0.6 is 0 Å². The molecule has 110 valence electrons. The van der Waals surface area contributed by atoms with Gasteiger partial charge in [-0.1, -0.05) is 25.7 Å². The molecule has 0 radical (unpaired) electrons. The first-order valence-electron chi connectivity index (χ1n) is 8.61. The number of aryl methyl sites for hydroxylation is 1. The summed E-state index contributed by atoms with van der Waals surface area (Å²) in [6.07, 6.45) is 14.9. The van der Waals surface area contributed by atoms with Crippen LogP contribution in [0.3, 0.4) is 0 Å². The smallest absolute Gasteiger partial charge is 0.203 e. The molecule has 4 rings (SSSR count). The predicted octanol–water partition coefficient (Wildman–Crippen LogP) is 4.30. The number of hydrogen-bond acceptors (Lipinski definition) is 2. The number of hydrogen-bond donors (Lipinski definition) is 1. The number of rotatable bonds is 3. The molecule has 2 bridgehead atoms.